The fourth-order valence-electron chi connectivity index (χ4n) is 3.89. The van der Waals surface area contributed by atoms with Crippen molar-refractivity contribution in [1.29, 1.82) is 0 Å². The number of carbonyl (C=O) groups excluding carboxylic acids is 2. The number of nitrogens with zero attached hydrogens (tertiary/aromatic N) is 1. The van der Waals surface area contributed by atoms with E-state index in [9.17, 15) is 9.59 Å². The van der Waals surface area contributed by atoms with Crippen LogP contribution in [0.1, 0.15) is 45.5 Å². The van der Waals surface area contributed by atoms with Crippen molar-refractivity contribution < 1.29 is 9.59 Å². The maximum absolute atomic E-state index is 12.6. The van der Waals surface area contributed by atoms with Crippen molar-refractivity contribution in [2.45, 2.75) is 25.8 Å². The van der Waals surface area contributed by atoms with E-state index in [1.807, 2.05) is 18.2 Å². The van der Waals surface area contributed by atoms with Crippen LogP contribution >= 0.6 is 15.9 Å². The zero-order valence-electron chi connectivity index (χ0n) is 16.3. The molecular weight excluding hydrogens is 432 g/mol. The fourth-order valence-corrected chi connectivity index (χ4v) is 4.36. The molecule has 6 nitrogen and oxygen atoms in total. The first-order chi connectivity index (χ1) is 14.1. The monoisotopic (exact) mass is 456 g/mol. The molecule has 2 aromatic rings. The zero-order chi connectivity index (χ0) is 20.2. The molecule has 0 saturated carbocycles. The highest BCUT2D eigenvalue weighted by molar-refractivity contribution is 9.10. The molecule has 2 aliphatic heterocycles. The molecule has 2 aromatic carbocycles. The summed E-state index contributed by atoms with van der Waals surface area (Å²) in [5.41, 5.74) is 3.51. The number of halogens is 1. The van der Waals surface area contributed by atoms with E-state index in [1.165, 1.54) is 25.9 Å². The molecule has 0 spiro atoms. The average Bonchev–Trinajstić information content (AvgIpc) is 3.38. The van der Waals surface area contributed by atoms with E-state index in [2.05, 4.69) is 36.8 Å². The Hall–Kier alpha value is -2.38. The number of carbonyl (C=O) groups is 2. The third kappa shape index (κ3) is 4.62. The van der Waals surface area contributed by atoms with Crippen LogP contribution in [0.2, 0.25) is 0 Å². The second kappa shape index (κ2) is 8.97. The normalized spacial score (nSPS) is 15.8. The maximum atomic E-state index is 12.6. The van der Waals surface area contributed by atoms with Crippen molar-refractivity contribution in [3.63, 3.8) is 0 Å². The molecule has 0 aliphatic carbocycles. The predicted octanol–water partition coefficient (Wildman–Crippen LogP) is 3.84. The van der Waals surface area contributed by atoms with Gasteiger partial charge in [-0.05, 0) is 75.3 Å². The third-order valence-electron chi connectivity index (χ3n) is 5.48. The Kier molecular flexibility index (Phi) is 6.16. The van der Waals surface area contributed by atoms with Gasteiger partial charge in [0, 0.05) is 34.4 Å². The van der Waals surface area contributed by atoms with Crippen LogP contribution in [0.25, 0.3) is 0 Å². The summed E-state index contributed by atoms with van der Waals surface area (Å²) in [5.74, 6) is -0.389. The first-order valence-electron chi connectivity index (χ1n) is 10.1. The lowest BCUT2D eigenvalue weighted by molar-refractivity contribution is 0.0966. The molecule has 0 atom stereocenters. The van der Waals surface area contributed by atoms with Gasteiger partial charge < -0.3 is 20.9 Å². The highest BCUT2D eigenvalue weighted by Gasteiger charge is 2.25. The number of hydrogen-bond acceptors (Lipinski definition) is 4. The van der Waals surface area contributed by atoms with Gasteiger partial charge in [-0.3, -0.25) is 9.59 Å². The van der Waals surface area contributed by atoms with E-state index in [0.29, 0.717) is 23.4 Å². The Morgan fingerprint density at radius 3 is 2.62 bits per heavy atom. The van der Waals surface area contributed by atoms with Gasteiger partial charge in [0.25, 0.3) is 11.8 Å². The summed E-state index contributed by atoms with van der Waals surface area (Å²) in [5, 5.41) is 9.08. The van der Waals surface area contributed by atoms with Gasteiger partial charge in [0.2, 0.25) is 0 Å². The van der Waals surface area contributed by atoms with Crippen LogP contribution in [0.3, 0.4) is 0 Å². The lowest BCUT2D eigenvalue weighted by Gasteiger charge is -2.15. The molecule has 0 radical (unpaired) electrons. The standard InChI is InChI=1S/C22H25BrN4O2/c23-18-8-9-19(20-17(18)14-25-22(20)29)26-21(28)15-4-6-16(7-5-15)24-10-3-13-27-11-1-2-12-27/h4-9,24H,1-3,10-14H2,(H,25,29)(H,26,28). The second-order valence-corrected chi connectivity index (χ2v) is 8.35. The van der Waals surface area contributed by atoms with Crippen molar-refractivity contribution in [2.24, 2.45) is 0 Å². The smallest absolute Gasteiger partial charge is 0.255 e. The third-order valence-corrected chi connectivity index (χ3v) is 6.23. The number of nitrogens with one attached hydrogen (secondary N) is 3. The van der Waals surface area contributed by atoms with Gasteiger partial charge in [0.05, 0.1) is 11.3 Å². The molecule has 29 heavy (non-hydrogen) atoms. The molecule has 2 amide bonds. The Bertz CT molecular complexity index is 908. The van der Waals surface area contributed by atoms with Gasteiger partial charge in [-0.25, -0.2) is 0 Å². The van der Waals surface area contributed by atoms with Crippen LogP contribution in [0, 0.1) is 0 Å². The summed E-state index contributed by atoms with van der Waals surface area (Å²) in [7, 11) is 0. The lowest BCUT2D eigenvalue weighted by atomic mass is 10.1. The molecule has 152 valence electrons. The predicted molar refractivity (Wildman–Crippen MR) is 118 cm³/mol. The summed E-state index contributed by atoms with van der Waals surface area (Å²) in [6.45, 7) is 4.98. The van der Waals surface area contributed by atoms with Crippen LogP contribution in [-0.4, -0.2) is 42.9 Å². The first-order valence-corrected chi connectivity index (χ1v) is 10.9. The number of benzene rings is 2. The largest absolute Gasteiger partial charge is 0.385 e. The minimum atomic E-state index is -0.227. The van der Waals surface area contributed by atoms with E-state index in [-0.39, 0.29) is 11.8 Å². The van der Waals surface area contributed by atoms with Crippen molar-refractivity contribution in [3.8, 4) is 0 Å². The van der Waals surface area contributed by atoms with E-state index in [4.69, 9.17) is 0 Å². The Balaban J connectivity index is 1.33. The molecule has 1 fully saturated rings. The molecule has 3 N–H and O–H groups in total. The summed E-state index contributed by atoms with van der Waals surface area (Å²) in [6, 6.07) is 11.0. The lowest BCUT2D eigenvalue weighted by Crippen LogP contribution is -2.22. The van der Waals surface area contributed by atoms with E-state index < -0.39 is 0 Å². The van der Waals surface area contributed by atoms with Gasteiger partial charge in [-0.15, -0.1) is 0 Å². The number of likely N-dealkylation sites (tertiary alicyclic amines) is 1. The van der Waals surface area contributed by atoms with Gasteiger partial charge in [0.15, 0.2) is 0 Å². The number of rotatable bonds is 7. The zero-order valence-corrected chi connectivity index (χ0v) is 17.8. The number of fused-ring (bicyclic) bond motifs is 1. The van der Waals surface area contributed by atoms with Crippen LogP contribution in [0.15, 0.2) is 40.9 Å². The summed E-state index contributed by atoms with van der Waals surface area (Å²) in [6.07, 6.45) is 3.76. The van der Waals surface area contributed by atoms with Crippen LogP contribution in [-0.2, 0) is 6.54 Å². The van der Waals surface area contributed by atoms with Crippen LogP contribution in [0.4, 0.5) is 11.4 Å². The maximum Gasteiger partial charge on any atom is 0.255 e. The van der Waals surface area contributed by atoms with Crippen molar-refractivity contribution in [3.05, 3.63) is 57.6 Å². The van der Waals surface area contributed by atoms with Gasteiger partial charge >= 0.3 is 0 Å². The summed E-state index contributed by atoms with van der Waals surface area (Å²) in [4.78, 5) is 27.3. The van der Waals surface area contributed by atoms with Crippen LogP contribution in [0.5, 0.6) is 0 Å². The molecule has 2 heterocycles. The minimum absolute atomic E-state index is 0.162. The molecule has 7 heteroatoms. The summed E-state index contributed by atoms with van der Waals surface area (Å²) < 4.78 is 0.865. The van der Waals surface area contributed by atoms with E-state index >= 15 is 0 Å². The molecule has 0 bridgehead atoms. The molecule has 4 rings (SSSR count). The molecule has 0 unspecified atom stereocenters. The molecule has 1 saturated heterocycles. The van der Waals surface area contributed by atoms with Gasteiger partial charge in [-0.1, -0.05) is 15.9 Å². The molecule has 0 aromatic heterocycles. The number of hydrogen-bond donors (Lipinski definition) is 3. The Morgan fingerprint density at radius 2 is 1.86 bits per heavy atom. The Labute approximate surface area is 179 Å². The minimum Gasteiger partial charge on any atom is -0.385 e. The highest BCUT2D eigenvalue weighted by Crippen LogP contribution is 2.31. The fraction of sp³-hybridized carbons (Fsp3) is 0.364. The van der Waals surface area contributed by atoms with Crippen molar-refractivity contribution in [1.82, 2.24) is 10.2 Å². The first kappa shape index (κ1) is 19.9. The van der Waals surface area contributed by atoms with Crippen molar-refractivity contribution in [2.75, 3.05) is 36.8 Å². The highest BCUT2D eigenvalue weighted by atomic mass is 79.9. The SMILES string of the molecule is O=C(Nc1ccc(Br)c2c1C(=O)NC2)c1ccc(NCCCN2CCCC2)cc1. The average molecular weight is 457 g/mol. The van der Waals surface area contributed by atoms with Gasteiger partial charge in [0.1, 0.15) is 0 Å². The van der Waals surface area contributed by atoms with Crippen molar-refractivity contribution >= 4 is 39.1 Å². The quantitative estimate of drug-likeness (QED) is 0.553. The number of amides is 2. The molecule has 2 aliphatic rings. The topological polar surface area (TPSA) is 73.5 Å². The second-order valence-electron chi connectivity index (χ2n) is 7.49. The van der Waals surface area contributed by atoms with Crippen LogP contribution < -0.4 is 16.0 Å². The van der Waals surface area contributed by atoms with E-state index in [1.54, 1.807) is 18.2 Å². The van der Waals surface area contributed by atoms with Gasteiger partial charge in [-0.2, -0.15) is 0 Å². The summed E-state index contributed by atoms with van der Waals surface area (Å²) >= 11 is 3.46. The number of anilines is 2. The van der Waals surface area contributed by atoms with E-state index in [0.717, 1.165) is 35.2 Å². The Morgan fingerprint density at radius 1 is 1.10 bits per heavy atom. The molecular formula is C22H25BrN4O2.